The molecule has 0 aliphatic carbocycles. The van der Waals surface area contributed by atoms with Gasteiger partial charge in [0.2, 0.25) is 5.56 Å². The first-order chi connectivity index (χ1) is 24.8. The van der Waals surface area contributed by atoms with Gasteiger partial charge in [-0.15, -0.1) is 0 Å². The Morgan fingerprint density at radius 2 is 1.75 bits per heavy atom. The fourth-order valence-electron chi connectivity index (χ4n) is 6.88. The Balaban J connectivity index is 0.902. The number of nitrogens with zero attached hydrogens (tertiary/aromatic N) is 1. The summed E-state index contributed by atoms with van der Waals surface area (Å²) in [6.07, 6.45) is 2.22. The maximum absolute atomic E-state index is 13.1. The van der Waals surface area contributed by atoms with Crippen LogP contribution in [0.4, 0.5) is 4.79 Å². The highest BCUT2D eigenvalue weighted by molar-refractivity contribution is 5.87. The van der Waals surface area contributed by atoms with Crippen LogP contribution in [0.25, 0.3) is 10.9 Å². The number of aromatic hydroxyl groups is 1. The van der Waals surface area contributed by atoms with Gasteiger partial charge < -0.3 is 40.0 Å². The number of aromatic nitrogens is 1. The number of aromatic amines is 1. The molecule has 4 aromatic rings. The Morgan fingerprint density at radius 1 is 0.941 bits per heavy atom. The van der Waals surface area contributed by atoms with Crippen LogP contribution in [0.2, 0.25) is 0 Å². The number of pyridine rings is 1. The van der Waals surface area contributed by atoms with Crippen LogP contribution in [-0.4, -0.2) is 84.2 Å². The molecule has 0 saturated carbocycles. The number of rotatable bonds is 16. The average Bonchev–Trinajstić information content (AvgIpc) is 3.14. The summed E-state index contributed by atoms with van der Waals surface area (Å²) in [6, 6.07) is 22.8. The highest BCUT2D eigenvalue weighted by atomic mass is 16.6. The Bertz CT molecular complexity index is 1830. The zero-order chi connectivity index (χ0) is 35.6. The second kappa shape index (κ2) is 17.3. The molecule has 270 valence electrons. The van der Waals surface area contributed by atoms with Crippen molar-refractivity contribution in [3.8, 4) is 11.5 Å². The minimum atomic E-state index is -0.839. The van der Waals surface area contributed by atoms with Crippen LogP contribution in [0.1, 0.15) is 60.9 Å². The molecule has 3 saturated heterocycles. The number of carbonyl (C=O) groups is 2. The number of ether oxygens (including phenoxy) is 3. The Morgan fingerprint density at radius 3 is 2.53 bits per heavy atom. The minimum absolute atomic E-state index is 0.0541. The van der Waals surface area contributed by atoms with Gasteiger partial charge in [0.15, 0.2) is 0 Å². The number of H-pyrrole nitrogens is 1. The highest BCUT2D eigenvalue weighted by Gasteiger charge is 2.37. The predicted octanol–water partition coefficient (Wildman–Crippen LogP) is 4.56. The molecule has 3 aromatic carbocycles. The van der Waals surface area contributed by atoms with Gasteiger partial charge in [0, 0.05) is 24.5 Å². The second-order valence-corrected chi connectivity index (χ2v) is 13.2. The van der Waals surface area contributed by atoms with Gasteiger partial charge in [-0.3, -0.25) is 14.5 Å². The van der Waals surface area contributed by atoms with E-state index in [1.807, 2.05) is 54.6 Å². The van der Waals surface area contributed by atoms with E-state index in [9.17, 15) is 24.6 Å². The number of benzene rings is 3. The number of hydrogen-bond donors (Lipinski definition) is 5. The number of alkyl carbamates (subject to hydrolysis) is 1. The lowest BCUT2D eigenvalue weighted by molar-refractivity contribution is -0.144. The van der Waals surface area contributed by atoms with Gasteiger partial charge in [-0.25, -0.2) is 4.79 Å². The van der Waals surface area contributed by atoms with E-state index in [-0.39, 0.29) is 49.6 Å². The number of phenolic OH excluding ortho intramolecular Hbond substituents is 1. The molecule has 51 heavy (non-hydrogen) atoms. The van der Waals surface area contributed by atoms with Gasteiger partial charge in [-0.05, 0) is 92.2 Å². The van der Waals surface area contributed by atoms with Crippen LogP contribution in [0.15, 0.2) is 83.7 Å². The van der Waals surface area contributed by atoms with Crippen molar-refractivity contribution in [3.63, 3.8) is 0 Å². The largest absolute Gasteiger partial charge is 0.506 e. The summed E-state index contributed by atoms with van der Waals surface area (Å²) in [5, 5.41) is 27.6. The number of unbranched alkanes of at least 4 members (excludes halogenated alkanes) is 1. The molecule has 5 N–H and O–H groups in total. The van der Waals surface area contributed by atoms with Gasteiger partial charge in [0.05, 0.1) is 37.3 Å². The fraction of sp³-hybridized carbons (Fsp3) is 0.410. The molecular weight excluding hydrogens is 652 g/mol. The van der Waals surface area contributed by atoms with Crippen LogP contribution in [0.3, 0.4) is 0 Å². The minimum Gasteiger partial charge on any atom is -0.506 e. The summed E-state index contributed by atoms with van der Waals surface area (Å²) in [5.74, 6) is 0.584. The van der Waals surface area contributed by atoms with Crippen LogP contribution >= 0.6 is 0 Å². The molecular formula is C39H46N4O8. The van der Waals surface area contributed by atoms with Crippen molar-refractivity contribution in [1.82, 2.24) is 20.5 Å². The first-order valence-electron chi connectivity index (χ1n) is 17.7. The van der Waals surface area contributed by atoms with E-state index in [1.165, 1.54) is 12.1 Å². The molecule has 3 aliphatic rings. The number of phenols is 1. The topological polar surface area (TPSA) is 162 Å². The standard InChI is InChI=1S/C39H46N4O8/c44-32-13-11-30(31-12-14-35(46)41-38(31)32)33(45)24-40-18-4-5-21-50-36(47)17-22-49-29-10-6-9-28(23-29)37(27-7-2-1-3-8-27)42-39(48)51-34-25-43-19-15-26(34)16-20-43/h1-3,6-14,23,26,33-34,37,40,44-45H,4-5,15-22,24-25H2,(H,41,46)(H,42,48)/t33-,34-,37?/m0/s1. The zero-order valence-electron chi connectivity index (χ0n) is 28.6. The van der Waals surface area contributed by atoms with Gasteiger partial charge in [0.1, 0.15) is 17.6 Å². The average molecular weight is 699 g/mol. The first-order valence-corrected chi connectivity index (χ1v) is 17.7. The third-order valence-corrected chi connectivity index (χ3v) is 9.63. The fourth-order valence-corrected chi connectivity index (χ4v) is 6.88. The number of nitrogens with one attached hydrogen (secondary N) is 3. The molecule has 3 fully saturated rings. The van der Waals surface area contributed by atoms with E-state index in [1.54, 1.807) is 12.1 Å². The molecule has 3 aliphatic heterocycles. The SMILES string of the molecule is O=C(CCOc1cccc(C(NC(=O)O[C@H]2CN3CCC2CC3)c2ccccc2)c1)OCCCCNC[C@H](O)c1ccc(O)c2[nH]c(=O)ccc12. The molecule has 4 heterocycles. The molecule has 2 bridgehead atoms. The molecule has 1 aromatic heterocycles. The van der Waals surface area contributed by atoms with Crippen molar-refractivity contribution in [1.29, 1.82) is 0 Å². The molecule has 0 radical (unpaired) electrons. The lowest BCUT2D eigenvalue weighted by Crippen LogP contribution is -2.52. The van der Waals surface area contributed by atoms with Crippen LogP contribution < -0.4 is 20.9 Å². The van der Waals surface area contributed by atoms with Crippen molar-refractivity contribution < 1.29 is 34.0 Å². The summed E-state index contributed by atoms with van der Waals surface area (Å²) in [4.78, 5) is 42.1. The van der Waals surface area contributed by atoms with E-state index < -0.39 is 18.2 Å². The Labute approximate surface area is 296 Å². The van der Waals surface area contributed by atoms with Crippen molar-refractivity contribution in [2.24, 2.45) is 5.92 Å². The smallest absolute Gasteiger partial charge is 0.408 e. The van der Waals surface area contributed by atoms with Crippen LogP contribution in [0.5, 0.6) is 11.5 Å². The van der Waals surface area contributed by atoms with Gasteiger partial charge >= 0.3 is 12.1 Å². The summed E-state index contributed by atoms with van der Waals surface area (Å²) in [5.41, 5.74) is 2.31. The van der Waals surface area contributed by atoms with Gasteiger partial charge in [-0.2, -0.15) is 0 Å². The van der Waals surface area contributed by atoms with E-state index in [2.05, 4.69) is 20.5 Å². The molecule has 0 spiro atoms. The summed E-state index contributed by atoms with van der Waals surface area (Å²) >= 11 is 0. The van der Waals surface area contributed by atoms with E-state index in [0.717, 1.165) is 50.0 Å². The number of aliphatic hydroxyl groups is 1. The van der Waals surface area contributed by atoms with E-state index in [4.69, 9.17) is 14.2 Å². The molecule has 12 heteroatoms. The summed E-state index contributed by atoms with van der Waals surface area (Å²) < 4.78 is 17.2. The van der Waals surface area contributed by atoms with Crippen molar-refractivity contribution >= 4 is 23.0 Å². The maximum Gasteiger partial charge on any atom is 0.408 e. The van der Waals surface area contributed by atoms with Crippen molar-refractivity contribution in [2.75, 3.05) is 45.9 Å². The van der Waals surface area contributed by atoms with Gasteiger partial charge in [-0.1, -0.05) is 48.5 Å². The first kappa shape index (κ1) is 35.9. The molecule has 1 amide bonds. The number of carbonyl (C=O) groups excluding carboxylic acids is 2. The summed E-state index contributed by atoms with van der Waals surface area (Å²) in [7, 11) is 0. The molecule has 3 atom stereocenters. The zero-order valence-corrected chi connectivity index (χ0v) is 28.6. The van der Waals surface area contributed by atoms with E-state index >= 15 is 0 Å². The number of aliphatic hydroxyl groups excluding tert-OH is 1. The molecule has 7 rings (SSSR count). The monoisotopic (exact) mass is 698 g/mol. The van der Waals surface area contributed by atoms with Crippen molar-refractivity contribution in [3.05, 3.63) is 106 Å². The third kappa shape index (κ3) is 9.66. The Kier molecular flexibility index (Phi) is 12.2. The maximum atomic E-state index is 13.1. The second-order valence-electron chi connectivity index (χ2n) is 13.2. The number of amides is 1. The van der Waals surface area contributed by atoms with Crippen molar-refractivity contribution in [2.45, 2.75) is 50.4 Å². The lowest BCUT2D eigenvalue weighted by Gasteiger charge is -2.43. The van der Waals surface area contributed by atoms with Crippen LogP contribution in [-0.2, 0) is 14.3 Å². The van der Waals surface area contributed by atoms with Crippen LogP contribution in [0, 0.1) is 5.92 Å². The van der Waals surface area contributed by atoms with Gasteiger partial charge in [0.25, 0.3) is 0 Å². The quantitative estimate of drug-likeness (QED) is 0.0829. The highest BCUT2D eigenvalue weighted by Crippen LogP contribution is 2.31. The molecule has 12 nitrogen and oxygen atoms in total. The predicted molar refractivity (Wildman–Crippen MR) is 192 cm³/mol. The number of hydrogen-bond acceptors (Lipinski definition) is 10. The molecule has 1 unspecified atom stereocenters. The number of esters is 1. The lowest BCUT2D eigenvalue weighted by atomic mass is 9.86. The van der Waals surface area contributed by atoms with E-state index in [0.29, 0.717) is 41.1 Å². The number of fused-ring (bicyclic) bond motifs is 4. The summed E-state index contributed by atoms with van der Waals surface area (Å²) in [6.45, 7) is 4.24. The number of piperidine rings is 3. The third-order valence-electron chi connectivity index (χ3n) is 9.63. The normalized spacial score (nSPS) is 19.3. The Hall–Kier alpha value is -4.91.